The summed E-state index contributed by atoms with van der Waals surface area (Å²) in [5.74, 6) is 0. The van der Waals surface area contributed by atoms with Crippen LogP contribution >= 0.6 is 0 Å². The molecule has 2 aliphatic heterocycles. The van der Waals surface area contributed by atoms with Gasteiger partial charge in [0, 0.05) is 18.6 Å². The molecule has 0 spiro atoms. The monoisotopic (exact) mass is 258 g/mol. The van der Waals surface area contributed by atoms with Gasteiger partial charge in [0.2, 0.25) is 0 Å². The molecular formula is C13H24BFO3. The smallest absolute Gasteiger partial charge is 0.403 e. The van der Waals surface area contributed by atoms with Crippen molar-refractivity contribution in [2.24, 2.45) is 5.41 Å². The van der Waals surface area contributed by atoms with Gasteiger partial charge in [0.05, 0.1) is 17.9 Å². The van der Waals surface area contributed by atoms with E-state index in [9.17, 15) is 4.39 Å². The average molecular weight is 258 g/mol. The predicted octanol–water partition coefficient (Wildman–Crippen LogP) is 2.84. The van der Waals surface area contributed by atoms with Gasteiger partial charge < -0.3 is 14.0 Å². The van der Waals surface area contributed by atoms with Crippen LogP contribution in [0.2, 0.25) is 6.32 Å². The molecule has 0 saturated carbocycles. The number of hydrogen-bond donors (Lipinski definition) is 0. The number of halogens is 1. The van der Waals surface area contributed by atoms with Gasteiger partial charge in [-0.15, -0.1) is 0 Å². The highest BCUT2D eigenvalue weighted by atomic mass is 19.1. The molecule has 3 nitrogen and oxygen atoms in total. The van der Waals surface area contributed by atoms with Gasteiger partial charge in [0.25, 0.3) is 0 Å². The van der Waals surface area contributed by atoms with Crippen LogP contribution in [0.4, 0.5) is 4.39 Å². The lowest BCUT2D eigenvalue weighted by Crippen LogP contribution is -2.41. The van der Waals surface area contributed by atoms with Crippen LogP contribution in [0.25, 0.3) is 0 Å². The number of ether oxygens (including phenoxy) is 1. The molecule has 0 aromatic heterocycles. The molecule has 2 rings (SSSR count). The lowest BCUT2D eigenvalue weighted by atomic mass is 9.65. The zero-order valence-electron chi connectivity index (χ0n) is 11.9. The summed E-state index contributed by atoms with van der Waals surface area (Å²) in [6.45, 7) is 9.07. The average Bonchev–Trinajstić information content (AvgIpc) is 2.48. The molecule has 104 valence electrons. The van der Waals surface area contributed by atoms with Crippen LogP contribution in [0.3, 0.4) is 0 Å². The van der Waals surface area contributed by atoms with E-state index in [4.69, 9.17) is 14.0 Å². The third-order valence-corrected chi connectivity index (χ3v) is 4.74. The Morgan fingerprint density at radius 3 is 1.94 bits per heavy atom. The van der Waals surface area contributed by atoms with Crippen molar-refractivity contribution in [2.75, 3.05) is 19.9 Å². The van der Waals surface area contributed by atoms with Gasteiger partial charge in [-0.05, 0) is 46.9 Å². The van der Waals surface area contributed by atoms with Gasteiger partial charge in [-0.1, -0.05) is 0 Å². The molecule has 2 fully saturated rings. The van der Waals surface area contributed by atoms with E-state index in [1.807, 2.05) is 27.7 Å². The highest BCUT2D eigenvalue weighted by Crippen LogP contribution is 2.43. The van der Waals surface area contributed by atoms with E-state index in [-0.39, 0.29) is 30.4 Å². The summed E-state index contributed by atoms with van der Waals surface area (Å²) in [7, 11) is -0.302. The van der Waals surface area contributed by atoms with E-state index in [2.05, 4.69) is 0 Å². The van der Waals surface area contributed by atoms with Crippen LogP contribution in [0.15, 0.2) is 0 Å². The molecule has 0 aliphatic carbocycles. The summed E-state index contributed by atoms with van der Waals surface area (Å²) in [5.41, 5.74) is -0.986. The zero-order valence-corrected chi connectivity index (χ0v) is 11.9. The Bertz CT molecular complexity index is 285. The van der Waals surface area contributed by atoms with E-state index in [0.717, 1.165) is 12.8 Å². The van der Waals surface area contributed by atoms with E-state index in [0.29, 0.717) is 19.5 Å². The molecule has 0 amide bonds. The molecule has 0 aromatic rings. The van der Waals surface area contributed by atoms with Crippen LogP contribution in [0, 0.1) is 5.41 Å². The molecule has 2 saturated heterocycles. The maximum Gasteiger partial charge on any atom is 0.458 e. The fraction of sp³-hybridized carbons (Fsp3) is 1.00. The van der Waals surface area contributed by atoms with Gasteiger partial charge >= 0.3 is 7.12 Å². The van der Waals surface area contributed by atoms with Crippen molar-refractivity contribution in [3.8, 4) is 0 Å². The molecule has 0 atom stereocenters. The quantitative estimate of drug-likeness (QED) is 0.728. The van der Waals surface area contributed by atoms with E-state index in [1.165, 1.54) is 0 Å². The maximum atomic E-state index is 13.4. The molecule has 2 aliphatic rings. The van der Waals surface area contributed by atoms with Crippen LogP contribution in [0.1, 0.15) is 40.5 Å². The fourth-order valence-corrected chi connectivity index (χ4v) is 2.60. The van der Waals surface area contributed by atoms with Gasteiger partial charge in [-0.3, -0.25) is 4.39 Å². The van der Waals surface area contributed by atoms with Gasteiger partial charge in [-0.2, -0.15) is 0 Å². The molecule has 5 heteroatoms. The van der Waals surface area contributed by atoms with Crippen LogP contribution in [-0.2, 0) is 14.0 Å². The van der Waals surface area contributed by atoms with Crippen molar-refractivity contribution >= 4 is 7.12 Å². The van der Waals surface area contributed by atoms with Gasteiger partial charge in [-0.25, -0.2) is 0 Å². The number of rotatable bonds is 3. The van der Waals surface area contributed by atoms with Crippen LogP contribution < -0.4 is 0 Å². The molecule has 18 heavy (non-hydrogen) atoms. The number of alkyl halides is 1. The second kappa shape index (κ2) is 4.76. The first-order chi connectivity index (χ1) is 8.30. The minimum atomic E-state index is -0.333. The van der Waals surface area contributed by atoms with E-state index >= 15 is 0 Å². The van der Waals surface area contributed by atoms with Crippen molar-refractivity contribution in [1.82, 2.24) is 0 Å². The summed E-state index contributed by atoms with van der Waals surface area (Å²) in [4.78, 5) is 0. The fourth-order valence-electron chi connectivity index (χ4n) is 2.60. The van der Waals surface area contributed by atoms with Crippen molar-refractivity contribution in [2.45, 2.75) is 58.1 Å². The number of hydrogen-bond acceptors (Lipinski definition) is 3. The first-order valence-corrected chi connectivity index (χ1v) is 6.80. The molecule has 2 heterocycles. The third-order valence-electron chi connectivity index (χ3n) is 4.74. The Morgan fingerprint density at radius 1 is 1.00 bits per heavy atom. The minimum absolute atomic E-state index is 0.302. The SMILES string of the molecule is CC1(C)OB(CC2(CF)CCOCC2)OC1(C)C. The first kappa shape index (κ1) is 14.3. The van der Waals surface area contributed by atoms with Crippen LogP contribution in [-0.4, -0.2) is 38.2 Å². The normalized spacial score (nSPS) is 29.5. The molecule has 0 radical (unpaired) electrons. The van der Waals surface area contributed by atoms with Crippen molar-refractivity contribution in [3.63, 3.8) is 0 Å². The first-order valence-electron chi connectivity index (χ1n) is 6.80. The Kier molecular flexibility index (Phi) is 3.78. The summed E-state index contributed by atoms with van der Waals surface area (Å²) in [5, 5.41) is 0. The molecule has 0 N–H and O–H groups in total. The van der Waals surface area contributed by atoms with Gasteiger partial charge in [0.1, 0.15) is 0 Å². The summed E-state index contributed by atoms with van der Waals surface area (Å²) >= 11 is 0. The minimum Gasteiger partial charge on any atom is -0.403 e. The third kappa shape index (κ3) is 2.58. The van der Waals surface area contributed by atoms with E-state index < -0.39 is 0 Å². The Labute approximate surface area is 110 Å². The van der Waals surface area contributed by atoms with Crippen LogP contribution in [0.5, 0.6) is 0 Å². The summed E-state index contributed by atoms with van der Waals surface area (Å²) in [6.07, 6.45) is 2.14. The van der Waals surface area contributed by atoms with Crippen molar-refractivity contribution in [3.05, 3.63) is 0 Å². The largest absolute Gasteiger partial charge is 0.458 e. The standard InChI is InChI=1S/C13H24BFO3/c1-11(2)12(3,4)18-14(17-11)9-13(10-15)5-7-16-8-6-13/h5-10H2,1-4H3. The predicted molar refractivity (Wildman–Crippen MR) is 69.4 cm³/mol. The van der Waals surface area contributed by atoms with Gasteiger partial charge in [0.15, 0.2) is 0 Å². The summed E-state index contributed by atoms with van der Waals surface area (Å²) in [6, 6.07) is 0. The Morgan fingerprint density at radius 2 is 1.50 bits per heavy atom. The highest BCUT2D eigenvalue weighted by molar-refractivity contribution is 6.45. The highest BCUT2D eigenvalue weighted by Gasteiger charge is 2.53. The topological polar surface area (TPSA) is 27.7 Å². The van der Waals surface area contributed by atoms with Crippen molar-refractivity contribution < 1.29 is 18.4 Å². The lowest BCUT2D eigenvalue weighted by Gasteiger charge is -2.35. The lowest BCUT2D eigenvalue weighted by molar-refractivity contribution is 0.00578. The van der Waals surface area contributed by atoms with Crippen molar-refractivity contribution in [1.29, 1.82) is 0 Å². The molecular weight excluding hydrogens is 234 g/mol. The molecule has 0 unspecified atom stereocenters. The Balaban J connectivity index is 2.02. The zero-order chi connectivity index (χ0) is 13.4. The second-order valence-corrected chi connectivity index (χ2v) is 6.64. The van der Waals surface area contributed by atoms with E-state index in [1.54, 1.807) is 0 Å². The Hall–Kier alpha value is -0.125. The summed E-state index contributed by atoms with van der Waals surface area (Å²) < 4.78 is 30.7. The second-order valence-electron chi connectivity index (χ2n) is 6.64. The molecule has 0 aromatic carbocycles. The maximum absolute atomic E-state index is 13.4. The molecule has 0 bridgehead atoms.